The molecule has 0 aromatic rings. The minimum atomic E-state index is -1.21. The lowest BCUT2D eigenvalue weighted by Gasteiger charge is -2.52. The number of alkyl halides is 1. The molecule has 1 fully saturated rings. The zero-order chi connectivity index (χ0) is 15.6. The molecule has 0 bridgehead atoms. The Labute approximate surface area is 135 Å². The summed E-state index contributed by atoms with van der Waals surface area (Å²) < 4.78 is -1.21. The van der Waals surface area contributed by atoms with E-state index in [9.17, 15) is 14.7 Å². The van der Waals surface area contributed by atoms with Gasteiger partial charge in [0.15, 0.2) is 0 Å². The molecular formula is C15H22ClNO3S. The molecular weight excluding hydrogens is 310 g/mol. The Morgan fingerprint density at radius 2 is 2.38 bits per heavy atom. The number of Topliss-reactive ketones (excluding diaryl/α,β-unsaturated/α-hetero) is 1. The minimum Gasteiger partial charge on any atom is -0.390 e. The van der Waals surface area contributed by atoms with Gasteiger partial charge in [0, 0.05) is 17.7 Å². The third-order valence-electron chi connectivity index (χ3n) is 4.62. The molecule has 1 aliphatic carbocycles. The van der Waals surface area contributed by atoms with Crippen LogP contribution in [0.1, 0.15) is 32.6 Å². The van der Waals surface area contributed by atoms with E-state index < -0.39 is 22.8 Å². The second kappa shape index (κ2) is 6.71. The number of carbonyl (C=O) groups is 2. The second-order valence-electron chi connectivity index (χ2n) is 5.94. The highest BCUT2D eigenvalue weighted by molar-refractivity contribution is 7.83. The highest BCUT2D eigenvalue weighted by Gasteiger charge is 2.61. The molecule has 2 rings (SSSR count). The Kier molecular flexibility index (Phi) is 5.38. The van der Waals surface area contributed by atoms with Crippen LogP contribution in [0.15, 0.2) is 12.2 Å². The first kappa shape index (κ1) is 16.8. The highest BCUT2D eigenvalue weighted by Crippen LogP contribution is 2.42. The van der Waals surface area contributed by atoms with Gasteiger partial charge in [0.2, 0.25) is 5.91 Å². The van der Waals surface area contributed by atoms with Crippen LogP contribution in [0.5, 0.6) is 0 Å². The normalized spacial score (nSPS) is 34.8. The van der Waals surface area contributed by atoms with Crippen molar-refractivity contribution < 1.29 is 14.7 Å². The van der Waals surface area contributed by atoms with Crippen molar-refractivity contribution in [2.24, 2.45) is 11.8 Å². The number of aliphatic hydroxyl groups excluding tert-OH is 1. The molecule has 0 aromatic carbocycles. The number of halogens is 1. The van der Waals surface area contributed by atoms with Crippen LogP contribution < -0.4 is 5.32 Å². The van der Waals surface area contributed by atoms with Gasteiger partial charge in [-0.3, -0.25) is 9.59 Å². The molecule has 0 radical (unpaired) electrons. The Balaban J connectivity index is 2.20. The van der Waals surface area contributed by atoms with Crippen molar-refractivity contribution in [2.75, 3.05) is 5.88 Å². The molecule has 3 unspecified atom stereocenters. The number of carbonyl (C=O) groups excluding carboxylic acids is 2. The Hall–Kier alpha value is -0.520. The molecule has 2 aliphatic rings. The van der Waals surface area contributed by atoms with Gasteiger partial charge < -0.3 is 10.4 Å². The molecule has 1 aliphatic heterocycles. The summed E-state index contributed by atoms with van der Waals surface area (Å²) in [6.45, 7) is 1.49. The first-order chi connectivity index (χ1) is 9.92. The maximum atomic E-state index is 12.1. The fourth-order valence-electron chi connectivity index (χ4n) is 3.31. The van der Waals surface area contributed by atoms with Gasteiger partial charge >= 0.3 is 0 Å². The van der Waals surface area contributed by atoms with Crippen LogP contribution in [-0.2, 0) is 9.59 Å². The molecule has 0 saturated carbocycles. The number of ketones is 1. The van der Waals surface area contributed by atoms with Crippen molar-refractivity contribution in [2.45, 2.75) is 49.5 Å². The maximum Gasteiger partial charge on any atom is 0.241 e. The van der Waals surface area contributed by atoms with Crippen LogP contribution in [0.3, 0.4) is 0 Å². The largest absolute Gasteiger partial charge is 0.390 e. The third-order valence-corrected chi connectivity index (χ3v) is 5.58. The number of aliphatic hydroxyl groups is 1. The molecule has 118 valence electrons. The van der Waals surface area contributed by atoms with Crippen molar-refractivity contribution in [3.63, 3.8) is 0 Å². The molecule has 0 aromatic heterocycles. The van der Waals surface area contributed by atoms with E-state index in [1.165, 1.54) is 6.92 Å². The van der Waals surface area contributed by atoms with E-state index in [2.05, 4.69) is 17.9 Å². The summed E-state index contributed by atoms with van der Waals surface area (Å²) in [5, 5.41) is 13.4. The number of β-lactam (4-membered cyclic amide) rings is 1. The second-order valence-corrected chi connectivity index (χ2v) is 7.06. The average molecular weight is 332 g/mol. The Bertz CT molecular complexity index is 456. The Morgan fingerprint density at radius 1 is 1.67 bits per heavy atom. The number of hydrogen-bond donors (Lipinski definition) is 3. The molecule has 2 N–H and O–H groups in total. The summed E-state index contributed by atoms with van der Waals surface area (Å²) in [4.78, 5) is 23.9. The zero-order valence-electron chi connectivity index (χ0n) is 12.1. The quantitative estimate of drug-likeness (QED) is 0.300. The van der Waals surface area contributed by atoms with E-state index in [1.807, 2.05) is 12.2 Å². The van der Waals surface area contributed by atoms with Crippen LogP contribution in [0, 0.1) is 11.8 Å². The predicted octanol–water partition coefficient (Wildman–Crippen LogP) is 1.70. The van der Waals surface area contributed by atoms with Gasteiger partial charge in [-0.25, -0.2) is 0 Å². The molecule has 4 nitrogen and oxygen atoms in total. The number of thiol groups is 1. The number of amides is 1. The number of rotatable bonds is 6. The topological polar surface area (TPSA) is 66.4 Å². The van der Waals surface area contributed by atoms with Gasteiger partial charge in [-0.1, -0.05) is 12.2 Å². The van der Waals surface area contributed by atoms with Crippen molar-refractivity contribution >= 4 is 35.9 Å². The van der Waals surface area contributed by atoms with Gasteiger partial charge in [-0.05, 0) is 32.6 Å². The van der Waals surface area contributed by atoms with Crippen molar-refractivity contribution in [1.82, 2.24) is 5.32 Å². The fraction of sp³-hybridized carbons (Fsp3) is 0.733. The lowest BCUT2D eigenvalue weighted by molar-refractivity contribution is -0.143. The zero-order valence-corrected chi connectivity index (χ0v) is 13.7. The van der Waals surface area contributed by atoms with Gasteiger partial charge in [-0.2, -0.15) is 12.6 Å². The maximum absolute atomic E-state index is 12.1. The fourth-order valence-corrected chi connectivity index (χ4v) is 4.04. The van der Waals surface area contributed by atoms with Gasteiger partial charge in [0.25, 0.3) is 0 Å². The molecule has 1 heterocycles. The standard InChI is InChI=1S/C15H22ClNO3S/c1-9(18)11(7-8-16)12-15(21,14(20)17-12)13(19)10-5-3-2-4-6-10/h3,5,10-13,19,21H,2,4,6-8H2,1H3,(H,17,20)/t10?,11?,12-,13-,15?/m0/s1. The van der Waals surface area contributed by atoms with E-state index in [0.717, 1.165) is 19.3 Å². The summed E-state index contributed by atoms with van der Waals surface area (Å²) in [6.07, 6.45) is 6.39. The first-order valence-corrected chi connectivity index (χ1v) is 8.35. The van der Waals surface area contributed by atoms with Gasteiger partial charge in [0.05, 0.1) is 12.1 Å². The highest BCUT2D eigenvalue weighted by atomic mass is 35.5. The van der Waals surface area contributed by atoms with Crippen LogP contribution in [0.2, 0.25) is 0 Å². The summed E-state index contributed by atoms with van der Waals surface area (Å²) in [7, 11) is 0. The van der Waals surface area contributed by atoms with Crippen LogP contribution in [0.25, 0.3) is 0 Å². The number of allylic oxidation sites excluding steroid dienone is 1. The lowest BCUT2D eigenvalue weighted by atomic mass is 9.70. The average Bonchev–Trinajstić information content (AvgIpc) is 2.49. The van der Waals surface area contributed by atoms with Crippen molar-refractivity contribution in [3.8, 4) is 0 Å². The van der Waals surface area contributed by atoms with E-state index in [0.29, 0.717) is 12.3 Å². The Morgan fingerprint density at radius 3 is 2.86 bits per heavy atom. The van der Waals surface area contributed by atoms with Crippen molar-refractivity contribution in [3.05, 3.63) is 12.2 Å². The SMILES string of the molecule is CC(=O)C(CCCl)[C@@H]1NC(=O)C1(S)[C@@H](O)C1C=CCCC1. The monoisotopic (exact) mass is 331 g/mol. The van der Waals surface area contributed by atoms with E-state index in [4.69, 9.17) is 11.6 Å². The summed E-state index contributed by atoms with van der Waals surface area (Å²) in [6, 6.07) is -0.463. The van der Waals surface area contributed by atoms with Crippen LogP contribution >= 0.6 is 24.2 Å². The lowest BCUT2D eigenvalue weighted by Crippen LogP contribution is -2.77. The van der Waals surface area contributed by atoms with Gasteiger partial charge in [-0.15, -0.1) is 11.6 Å². The first-order valence-electron chi connectivity index (χ1n) is 7.37. The minimum absolute atomic E-state index is 0.0366. The van der Waals surface area contributed by atoms with Crippen LogP contribution in [-0.4, -0.2) is 39.6 Å². The third kappa shape index (κ3) is 3.01. The molecule has 0 spiro atoms. The molecule has 5 atom stereocenters. The number of hydrogen-bond acceptors (Lipinski definition) is 4. The molecule has 6 heteroatoms. The molecule has 1 saturated heterocycles. The van der Waals surface area contributed by atoms with E-state index in [1.54, 1.807) is 0 Å². The van der Waals surface area contributed by atoms with E-state index >= 15 is 0 Å². The summed E-state index contributed by atoms with van der Waals surface area (Å²) >= 11 is 10.3. The predicted molar refractivity (Wildman–Crippen MR) is 85.6 cm³/mol. The number of nitrogens with one attached hydrogen (secondary N) is 1. The molecule has 1 amide bonds. The molecule has 21 heavy (non-hydrogen) atoms. The summed E-state index contributed by atoms with van der Waals surface area (Å²) in [5.74, 6) is -0.498. The smallest absolute Gasteiger partial charge is 0.241 e. The van der Waals surface area contributed by atoms with Crippen LogP contribution in [0.4, 0.5) is 0 Å². The van der Waals surface area contributed by atoms with E-state index in [-0.39, 0.29) is 17.6 Å². The van der Waals surface area contributed by atoms with Crippen molar-refractivity contribution in [1.29, 1.82) is 0 Å². The summed E-state index contributed by atoms with van der Waals surface area (Å²) in [5.41, 5.74) is 0. The van der Waals surface area contributed by atoms with Gasteiger partial charge in [0.1, 0.15) is 10.5 Å².